The van der Waals surface area contributed by atoms with Gasteiger partial charge in [0, 0.05) is 19.2 Å². The highest BCUT2D eigenvalue weighted by atomic mass is 35.5. The lowest BCUT2D eigenvalue weighted by atomic mass is 10.1. The standard InChI is InChI=1S/C20H23FN2O6S.ClH/c1-27-17-6-4-13(20(24)23-15-10-30(25,26)11-19(15)28-2)8-18(17)29-16-5-3-12(9-22)7-14(16)21;/h3-8,15,19H,9-11,22H2,1-2H3,(H,23,24);1H/t15-,19-;/m1./s1. The van der Waals surface area contributed by atoms with Gasteiger partial charge in [-0.2, -0.15) is 0 Å². The molecule has 8 nitrogen and oxygen atoms in total. The number of carbonyl (C=O) groups excluding carboxylic acids is 1. The zero-order valence-corrected chi connectivity index (χ0v) is 18.6. The summed E-state index contributed by atoms with van der Waals surface area (Å²) >= 11 is 0. The van der Waals surface area contributed by atoms with Crippen molar-refractivity contribution in [2.45, 2.75) is 18.7 Å². The van der Waals surface area contributed by atoms with Crippen molar-refractivity contribution in [2.75, 3.05) is 25.7 Å². The minimum atomic E-state index is -3.29. The lowest BCUT2D eigenvalue weighted by Crippen LogP contribution is -2.43. The van der Waals surface area contributed by atoms with Gasteiger partial charge >= 0.3 is 0 Å². The molecule has 1 saturated heterocycles. The van der Waals surface area contributed by atoms with Gasteiger partial charge in [-0.1, -0.05) is 6.07 Å². The number of benzene rings is 2. The zero-order valence-electron chi connectivity index (χ0n) is 17.0. The highest BCUT2D eigenvalue weighted by Crippen LogP contribution is 2.34. The topological polar surface area (TPSA) is 117 Å². The first-order valence-corrected chi connectivity index (χ1v) is 11.0. The maximum atomic E-state index is 14.3. The average Bonchev–Trinajstić information content (AvgIpc) is 3.02. The van der Waals surface area contributed by atoms with E-state index in [0.717, 1.165) is 0 Å². The zero-order chi connectivity index (χ0) is 21.9. The van der Waals surface area contributed by atoms with Crippen molar-refractivity contribution in [3.8, 4) is 17.2 Å². The Kier molecular flexibility index (Phi) is 8.24. The van der Waals surface area contributed by atoms with E-state index in [1.165, 1.54) is 44.6 Å². The summed E-state index contributed by atoms with van der Waals surface area (Å²) in [7, 11) is -0.473. The first-order valence-electron chi connectivity index (χ1n) is 9.14. The molecule has 2 aromatic rings. The molecular formula is C20H24ClFN2O6S. The molecular weight excluding hydrogens is 451 g/mol. The minimum Gasteiger partial charge on any atom is -0.493 e. The molecule has 1 amide bonds. The summed E-state index contributed by atoms with van der Waals surface area (Å²) in [5, 5.41) is 2.68. The van der Waals surface area contributed by atoms with Crippen molar-refractivity contribution in [1.29, 1.82) is 0 Å². The lowest BCUT2D eigenvalue weighted by molar-refractivity contribution is 0.0786. The van der Waals surface area contributed by atoms with Crippen molar-refractivity contribution < 1.29 is 31.8 Å². The smallest absolute Gasteiger partial charge is 0.251 e. The van der Waals surface area contributed by atoms with Crippen LogP contribution in [0.3, 0.4) is 0 Å². The second-order valence-corrected chi connectivity index (χ2v) is 9.02. The maximum absolute atomic E-state index is 14.3. The Labute approximate surface area is 186 Å². The van der Waals surface area contributed by atoms with Gasteiger partial charge < -0.3 is 25.3 Å². The van der Waals surface area contributed by atoms with E-state index < -0.39 is 33.7 Å². The molecule has 2 aromatic carbocycles. The quantitative estimate of drug-likeness (QED) is 0.630. The van der Waals surface area contributed by atoms with Gasteiger partial charge in [0.15, 0.2) is 32.9 Å². The van der Waals surface area contributed by atoms with Gasteiger partial charge in [0.1, 0.15) is 0 Å². The van der Waals surface area contributed by atoms with Crippen LogP contribution in [-0.4, -0.2) is 52.2 Å². The van der Waals surface area contributed by atoms with Crippen LogP contribution in [0.4, 0.5) is 4.39 Å². The summed E-state index contributed by atoms with van der Waals surface area (Å²) in [5.74, 6) is -1.08. The number of hydrogen-bond donors (Lipinski definition) is 2. The fourth-order valence-electron chi connectivity index (χ4n) is 3.20. The number of carbonyl (C=O) groups is 1. The number of amides is 1. The van der Waals surface area contributed by atoms with Crippen LogP contribution < -0.4 is 20.5 Å². The van der Waals surface area contributed by atoms with Gasteiger partial charge in [-0.05, 0) is 35.9 Å². The lowest BCUT2D eigenvalue weighted by Gasteiger charge is -2.18. The molecule has 0 aliphatic carbocycles. The predicted molar refractivity (Wildman–Crippen MR) is 115 cm³/mol. The number of nitrogens with one attached hydrogen (secondary N) is 1. The van der Waals surface area contributed by atoms with E-state index in [2.05, 4.69) is 5.32 Å². The van der Waals surface area contributed by atoms with E-state index >= 15 is 0 Å². The molecule has 170 valence electrons. The second-order valence-electron chi connectivity index (χ2n) is 6.87. The van der Waals surface area contributed by atoms with Crippen LogP contribution >= 0.6 is 12.4 Å². The summed E-state index contributed by atoms with van der Waals surface area (Å²) in [5.41, 5.74) is 6.31. The third kappa shape index (κ3) is 5.85. The molecule has 0 spiro atoms. The Hall–Kier alpha value is -2.40. The number of nitrogens with two attached hydrogens (primary N) is 1. The second kappa shape index (κ2) is 10.3. The van der Waals surface area contributed by atoms with Crippen molar-refractivity contribution in [3.63, 3.8) is 0 Å². The van der Waals surface area contributed by atoms with Crippen LogP contribution in [0.15, 0.2) is 36.4 Å². The Bertz CT molecular complexity index is 1050. The van der Waals surface area contributed by atoms with E-state index in [1.807, 2.05) is 0 Å². The predicted octanol–water partition coefficient (Wildman–Crippen LogP) is 2.05. The third-order valence-electron chi connectivity index (χ3n) is 4.80. The molecule has 0 radical (unpaired) electrons. The van der Waals surface area contributed by atoms with Gasteiger partial charge in [0.05, 0.1) is 30.8 Å². The molecule has 11 heteroatoms. The van der Waals surface area contributed by atoms with Gasteiger partial charge in [0.2, 0.25) is 0 Å². The molecule has 3 N–H and O–H groups in total. The van der Waals surface area contributed by atoms with Crippen LogP contribution in [0.2, 0.25) is 0 Å². The highest BCUT2D eigenvalue weighted by molar-refractivity contribution is 7.91. The first kappa shape index (κ1) is 24.9. The fourth-order valence-corrected chi connectivity index (χ4v) is 5.05. The van der Waals surface area contributed by atoms with Crippen LogP contribution in [-0.2, 0) is 21.1 Å². The number of halogens is 2. The van der Waals surface area contributed by atoms with E-state index in [1.54, 1.807) is 6.07 Å². The highest BCUT2D eigenvalue weighted by Gasteiger charge is 2.38. The molecule has 1 aliphatic heterocycles. The van der Waals surface area contributed by atoms with Crippen LogP contribution in [0.25, 0.3) is 0 Å². The Morgan fingerprint density at radius 3 is 2.45 bits per heavy atom. The molecule has 1 aliphatic rings. The van der Waals surface area contributed by atoms with Gasteiger partial charge in [-0.15, -0.1) is 12.4 Å². The van der Waals surface area contributed by atoms with Crippen LogP contribution in [0.1, 0.15) is 15.9 Å². The molecule has 0 saturated carbocycles. The summed E-state index contributed by atoms with van der Waals surface area (Å²) in [4.78, 5) is 12.7. The molecule has 0 aromatic heterocycles. The molecule has 3 rings (SSSR count). The molecule has 31 heavy (non-hydrogen) atoms. The van der Waals surface area contributed by atoms with Gasteiger partial charge in [-0.3, -0.25) is 4.79 Å². The number of ether oxygens (including phenoxy) is 3. The van der Waals surface area contributed by atoms with Crippen molar-refractivity contribution in [1.82, 2.24) is 5.32 Å². The van der Waals surface area contributed by atoms with E-state index in [-0.39, 0.29) is 47.5 Å². The normalized spacial score (nSPS) is 19.4. The summed E-state index contributed by atoms with van der Waals surface area (Å²) in [6.07, 6.45) is -0.622. The molecule has 1 fully saturated rings. The molecule has 0 bridgehead atoms. The van der Waals surface area contributed by atoms with Crippen molar-refractivity contribution in [2.24, 2.45) is 5.73 Å². The van der Waals surface area contributed by atoms with Crippen molar-refractivity contribution in [3.05, 3.63) is 53.3 Å². The number of rotatable bonds is 7. The Balaban J connectivity index is 0.00000341. The fraction of sp³-hybridized carbons (Fsp3) is 0.350. The SMILES string of the molecule is COc1ccc(C(=O)N[C@@H]2CS(=O)(=O)C[C@H]2OC)cc1Oc1ccc(CN)cc1F.Cl. The Morgan fingerprint density at radius 1 is 1.13 bits per heavy atom. The van der Waals surface area contributed by atoms with E-state index in [0.29, 0.717) is 11.3 Å². The van der Waals surface area contributed by atoms with Crippen LogP contribution in [0.5, 0.6) is 17.2 Å². The molecule has 2 atom stereocenters. The summed E-state index contributed by atoms with van der Waals surface area (Å²) in [6.45, 7) is 0.190. The van der Waals surface area contributed by atoms with Gasteiger partial charge in [0.25, 0.3) is 5.91 Å². The monoisotopic (exact) mass is 474 g/mol. The van der Waals surface area contributed by atoms with E-state index in [4.69, 9.17) is 19.9 Å². The molecule has 1 heterocycles. The van der Waals surface area contributed by atoms with Crippen molar-refractivity contribution >= 4 is 28.2 Å². The van der Waals surface area contributed by atoms with E-state index in [9.17, 15) is 17.6 Å². The molecule has 0 unspecified atom stereocenters. The number of hydrogen-bond acceptors (Lipinski definition) is 7. The average molecular weight is 475 g/mol. The summed E-state index contributed by atoms with van der Waals surface area (Å²) < 4.78 is 54.0. The van der Waals surface area contributed by atoms with Gasteiger partial charge in [-0.25, -0.2) is 12.8 Å². The number of sulfone groups is 1. The Morgan fingerprint density at radius 2 is 1.84 bits per heavy atom. The largest absolute Gasteiger partial charge is 0.493 e. The summed E-state index contributed by atoms with van der Waals surface area (Å²) in [6, 6.07) is 8.08. The minimum absolute atomic E-state index is 0. The number of methoxy groups -OCH3 is 2. The van der Waals surface area contributed by atoms with Crippen LogP contribution in [0, 0.1) is 5.82 Å². The third-order valence-corrected chi connectivity index (χ3v) is 6.50. The maximum Gasteiger partial charge on any atom is 0.251 e. The first-order chi connectivity index (χ1) is 14.3.